The minimum Gasteiger partial charge on any atom is -0.497 e. The molecule has 8 heteroatoms. The second-order valence-electron chi connectivity index (χ2n) is 8.47. The Hall–Kier alpha value is -4.85. The van der Waals surface area contributed by atoms with Crippen LogP contribution in [0.4, 0.5) is 0 Å². The number of nitrogens with zero attached hydrogens (tertiary/aromatic N) is 6. The molecule has 5 aromatic rings. The van der Waals surface area contributed by atoms with Crippen molar-refractivity contribution in [3.05, 3.63) is 108 Å². The van der Waals surface area contributed by atoms with Crippen molar-refractivity contribution in [3.63, 3.8) is 0 Å². The summed E-state index contributed by atoms with van der Waals surface area (Å²) in [7, 11) is 1.62. The molecular weight excluding hydrogens is 452 g/mol. The number of hydrogen-bond donors (Lipinski definition) is 0. The van der Waals surface area contributed by atoms with Crippen molar-refractivity contribution >= 4 is 11.5 Å². The lowest BCUT2D eigenvalue weighted by Crippen LogP contribution is -2.26. The van der Waals surface area contributed by atoms with E-state index in [9.17, 15) is 4.79 Å². The Morgan fingerprint density at radius 3 is 2.19 bits per heavy atom. The van der Waals surface area contributed by atoms with Gasteiger partial charge >= 0.3 is 0 Å². The second kappa shape index (κ2) is 9.07. The first kappa shape index (κ1) is 21.7. The van der Waals surface area contributed by atoms with E-state index < -0.39 is 0 Å². The van der Waals surface area contributed by atoms with E-state index in [4.69, 9.17) is 9.84 Å². The fraction of sp³-hybridized carbons (Fsp3) is 0.107. The average Bonchev–Trinajstić information content (AvgIpc) is 3.58. The quantitative estimate of drug-likeness (QED) is 0.358. The van der Waals surface area contributed by atoms with Crippen LogP contribution in [0.3, 0.4) is 0 Å². The van der Waals surface area contributed by atoms with Crippen LogP contribution < -0.4 is 4.74 Å². The average molecular weight is 475 g/mol. The maximum Gasteiger partial charge on any atom is 0.279 e. The normalized spacial score (nSPS) is 13.1. The number of rotatable bonds is 6. The van der Waals surface area contributed by atoms with Crippen molar-refractivity contribution in [2.75, 3.05) is 7.11 Å². The molecule has 1 aliphatic rings. The standard InChI is InChI=1S/C28H22N6O2/c1-36-23-14-12-20(13-15-23)25-22(17-33-30-18-29-32-33)16-24-26(19-8-4-2-5-9-19)27(31-34(24)28(25)35)21-10-6-3-7-11-21/h2-15,18H,16-17H2,1H3. The Kier molecular flexibility index (Phi) is 5.46. The number of aromatic nitrogens is 6. The summed E-state index contributed by atoms with van der Waals surface area (Å²) in [4.78, 5) is 15.6. The summed E-state index contributed by atoms with van der Waals surface area (Å²) in [5, 5.41) is 17.0. The zero-order chi connectivity index (χ0) is 24.5. The molecule has 0 bridgehead atoms. The van der Waals surface area contributed by atoms with E-state index in [1.165, 1.54) is 11.1 Å². The molecule has 1 aliphatic heterocycles. The van der Waals surface area contributed by atoms with Crippen molar-refractivity contribution in [1.82, 2.24) is 30.0 Å². The molecule has 8 nitrogen and oxygen atoms in total. The number of tetrazole rings is 1. The number of methoxy groups -OCH3 is 1. The van der Waals surface area contributed by atoms with Gasteiger partial charge in [-0.15, -0.1) is 10.2 Å². The molecule has 3 aromatic carbocycles. The van der Waals surface area contributed by atoms with Crippen LogP contribution in [0.15, 0.2) is 96.8 Å². The van der Waals surface area contributed by atoms with Crippen LogP contribution in [0.1, 0.15) is 16.1 Å². The summed E-state index contributed by atoms with van der Waals surface area (Å²) in [5.74, 6) is 0.538. The molecule has 0 amide bonds. The topological polar surface area (TPSA) is 87.7 Å². The maximum absolute atomic E-state index is 14.1. The summed E-state index contributed by atoms with van der Waals surface area (Å²) in [5.41, 5.74) is 6.81. The van der Waals surface area contributed by atoms with Crippen LogP contribution in [-0.4, -0.2) is 43.0 Å². The molecule has 0 spiro atoms. The molecule has 0 fully saturated rings. The van der Waals surface area contributed by atoms with E-state index in [0.717, 1.165) is 45.0 Å². The van der Waals surface area contributed by atoms with Gasteiger partial charge in [-0.3, -0.25) is 4.79 Å². The fourth-order valence-corrected chi connectivity index (χ4v) is 4.69. The third-order valence-corrected chi connectivity index (χ3v) is 6.33. The Bertz CT molecular complexity index is 1550. The minimum absolute atomic E-state index is 0.184. The van der Waals surface area contributed by atoms with Crippen molar-refractivity contribution in [2.24, 2.45) is 0 Å². The van der Waals surface area contributed by atoms with E-state index in [1.807, 2.05) is 72.8 Å². The number of benzene rings is 3. The van der Waals surface area contributed by atoms with E-state index in [2.05, 4.69) is 27.5 Å². The zero-order valence-corrected chi connectivity index (χ0v) is 19.6. The largest absolute Gasteiger partial charge is 0.497 e. The highest BCUT2D eigenvalue weighted by Gasteiger charge is 2.33. The first-order chi connectivity index (χ1) is 17.7. The minimum atomic E-state index is -0.184. The van der Waals surface area contributed by atoms with Gasteiger partial charge in [0.2, 0.25) is 0 Å². The summed E-state index contributed by atoms with van der Waals surface area (Å²) in [6.07, 6.45) is 1.91. The molecular formula is C28H22N6O2. The summed E-state index contributed by atoms with van der Waals surface area (Å²) in [6.45, 7) is 0.340. The summed E-state index contributed by atoms with van der Waals surface area (Å²) in [6, 6.07) is 27.5. The molecule has 0 radical (unpaired) electrons. The van der Waals surface area contributed by atoms with Crippen LogP contribution in [0.2, 0.25) is 0 Å². The summed E-state index contributed by atoms with van der Waals surface area (Å²) < 4.78 is 6.88. The van der Waals surface area contributed by atoms with Crippen LogP contribution >= 0.6 is 0 Å². The van der Waals surface area contributed by atoms with Crippen molar-refractivity contribution in [2.45, 2.75) is 13.0 Å². The lowest BCUT2D eigenvalue weighted by atomic mass is 9.89. The van der Waals surface area contributed by atoms with Gasteiger partial charge < -0.3 is 4.74 Å². The van der Waals surface area contributed by atoms with Crippen molar-refractivity contribution in [3.8, 4) is 28.1 Å². The molecule has 3 heterocycles. The molecule has 0 saturated heterocycles. The number of fused-ring (bicyclic) bond motifs is 1. The molecule has 6 rings (SSSR count). The van der Waals surface area contributed by atoms with Crippen LogP contribution in [0.25, 0.3) is 28.0 Å². The van der Waals surface area contributed by atoms with Gasteiger partial charge in [-0.25, -0.2) is 0 Å². The smallest absolute Gasteiger partial charge is 0.279 e. The molecule has 0 atom stereocenters. The number of carbonyl (C=O) groups excluding carboxylic acids is 1. The van der Waals surface area contributed by atoms with Crippen LogP contribution in [0, 0.1) is 0 Å². The van der Waals surface area contributed by atoms with Crippen molar-refractivity contribution < 1.29 is 9.53 Å². The van der Waals surface area contributed by atoms with Gasteiger partial charge in [-0.2, -0.15) is 14.6 Å². The van der Waals surface area contributed by atoms with Crippen LogP contribution in [0.5, 0.6) is 5.75 Å². The molecule has 0 N–H and O–H groups in total. The van der Waals surface area contributed by atoms with E-state index in [0.29, 0.717) is 18.5 Å². The Balaban J connectivity index is 1.56. The SMILES string of the molecule is COc1ccc(C2=C(Cn3ncnn3)Cc3c(-c4ccccc4)c(-c4ccccc4)nn3C2=O)cc1. The lowest BCUT2D eigenvalue weighted by molar-refractivity contribution is 0.0957. The van der Waals surface area contributed by atoms with Gasteiger partial charge in [0, 0.05) is 17.5 Å². The number of hydrogen-bond acceptors (Lipinski definition) is 6. The molecule has 0 aliphatic carbocycles. The highest BCUT2D eigenvalue weighted by Crippen LogP contribution is 2.40. The highest BCUT2D eigenvalue weighted by atomic mass is 16.5. The van der Waals surface area contributed by atoms with Gasteiger partial charge in [-0.05, 0) is 34.0 Å². The van der Waals surface area contributed by atoms with E-state index >= 15 is 0 Å². The number of allylic oxidation sites excluding steroid dienone is 2. The molecule has 176 valence electrons. The number of ether oxygens (including phenoxy) is 1. The molecule has 2 aromatic heterocycles. The van der Waals surface area contributed by atoms with Gasteiger partial charge in [0.05, 0.1) is 24.9 Å². The molecule has 0 saturated carbocycles. The van der Waals surface area contributed by atoms with Gasteiger partial charge in [0.1, 0.15) is 11.4 Å². The first-order valence-electron chi connectivity index (χ1n) is 11.6. The molecule has 0 unspecified atom stereocenters. The Morgan fingerprint density at radius 1 is 0.861 bits per heavy atom. The Labute approximate surface area is 207 Å². The highest BCUT2D eigenvalue weighted by molar-refractivity contribution is 6.23. The monoisotopic (exact) mass is 474 g/mol. The van der Waals surface area contributed by atoms with E-state index in [1.54, 1.807) is 11.8 Å². The maximum atomic E-state index is 14.1. The van der Waals surface area contributed by atoms with E-state index in [-0.39, 0.29) is 5.91 Å². The van der Waals surface area contributed by atoms with Gasteiger partial charge in [0.15, 0.2) is 6.33 Å². The predicted molar refractivity (Wildman–Crippen MR) is 135 cm³/mol. The Morgan fingerprint density at radius 2 is 1.56 bits per heavy atom. The first-order valence-corrected chi connectivity index (χ1v) is 11.6. The second-order valence-corrected chi connectivity index (χ2v) is 8.47. The van der Waals surface area contributed by atoms with Crippen LogP contribution in [-0.2, 0) is 13.0 Å². The number of carbonyl (C=O) groups is 1. The molecule has 36 heavy (non-hydrogen) atoms. The van der Waals surface area contributed by atoms with Crippen molar-refractivity contribution in [1.29, 1.82) is 0 Å². The predicted octanol–water partition coefficient (Wildman–Crippen LogP) is 4.56. The third kappa shape index (κ3) is 3.78. The third-order valence-electron chi connectivity index (χ3n) is 6.33. The van der Waals surface area contributed by atoms with Gasteiger partial charge in [0.25, 0.3) is 5.91 Å². The lowest BCUT2D eigenvalue weighted by Gasteiger charge is -2.22. The zero-order valence-electron chi connectivity index (χ0n) is 19.6. The summed E-state index contributed by atoms with van der Waals surface area (Å²) >= 11 is 0. The fourth-order valence-electron chi connectivity index (χ4n) is 4.69. The van der Waals surface area contributed by atoms with Gasteiger partial charge in [-0.1, -0.05) is 72.8 Å².